The van der Waals surface area contributed by atoms with Crippen molar-refractivity contribution in [1.82, 2.24) is 15.3 Å². The van der Waals surface area contributed by atoms with Crippen LogP contribution in [0.2, 0.25) is 0 Å². The molecule has 2 heterocycles. The maximum atomic E-state index is 4.47. The second-order valence-corrected chi connectivity index (χ2v) is 3.66. The summed E-state index contributed by atoms with van der Waals surface area (Å²) in [5.41, 5.74) is 1.16. The number of anilines is 1. The third-order valence-corrected chi connectivity index (χ3v) is 2.59. The molecule has 4 heteroatoms. The van der Waals surface area contributed by atoms with Crippen LogP contribution in [0.1, 0.15) is 23.9 Å². The molecule has 1 saturated heterocycles. The van der Waals surface area contributed by atoms with E-state index in [1.165, 1.54) is 6.42 Å². The summed E-state index contributed by atoms with van der Waals surface area (Å²) in [6.07, 6.45) is 1.18. The second kappa shape index (κ2) is 3.92. The molecule has 1 fully saturated rings. The number of nitrogens with one attached hydrogen (secondary N) is 2. The van der Waals surface area contributed by atoms with Crippen LogP contribution in [-0.2, 0) is 0 Å². The molecule has 1 aliphatic heterocycles. The van der Waals surface area contributed by atoms with Gasteiger partial charge in [-0.15, -0.1) is 0 Å². The Hall–Kier alpha value is -1.16. The van der Waals surface area contributed by atoms with Crippen LogP contribution in [0, 0.1) is 6.92 Å². The zero-order valence-corrected chi connectivity index (χ0v) is 8.67. The fraction of sp³-hybridized carbons (Fsp3) is 0.600. The molecule has 1 aromatic rings. The molecule has 0 spiro atoms. The highest BCUT2D eigenvalue weighted by Gasteiger charge is 2.18. The lowest BCUT2D eigenvalue weighted by Gasteiger charge is -2.10. The van der Waals surface area contributed by atoms with Crippen molar-refractivity contribution in [2.24, 2.45) is 0 Å². The van der Waals surface area contributed by atoms with Crippen LogP contribution in [0.3, 0.4) is 0 Å². The first kappa shape index (κ1) is 9.40. The maximum Gasteiger partial charge on any atom is 0.129 e. The van der Waals surface area contributed by atoms with Crippen LogP contribution < -0.4 is 10.6 Å². The summed E-state index contributed by atoms with van der Waals surface area (Å²) in [4.78, 5) is 8.75. The Kier molecular flexibility index (Phi) is 2.63. The van der Waals surface area contributed by atoms with E-state index in [9.17, 15) is 0 Å². The Balaban J connectivity index is 2.27. The average Bonchev–Trinajstić information content (AvgIpc) is 2.69. The molecule has 0 saturated carbocycles. The third kappa shape index (κ3) is 1.85. The van der Waals surface area contributed by atoms with Gasteiger partial charge in [0.2, 0.25) is 0 Å². The van der Waals surface area contributed by atoms with Crippen molar-refractivity contribution in [2.45, 2.75) is 19.3 Å². The van der Waals surface area contributed by atoms with Gasteiger partial charge < -0.3 is 10.6 Å². The first-order chi connectivity index (χ1) is 6.79. The SMILES string of the molecule is CNc1cc([C@@H]2CCNC2)nc(C)n1. The summed E-state index contributed by atoms with van der Waals surface area (Å²) in [6, 6.07) is 2.05. The lowest BCUT2D eigenvalue weighted by molar-refractivity contribution is 0.725. The molecule has 14 heavy (non-hydrogen) atoms. The molecule has 1 atom stereocenters. The molecule has 0 amide bonds. The van der Waals surface area contributed by atoms with E-state index in [0.717, 1.165) is 30.4 Å². The summed E-state index contributed by atoms with van der Waals surface area (Å²) in [5.74, 6) is 2.32. The Bertz CT molecular complexity index is 318. The highest BCUT2D eigenvalue weighted by molar-refractivity contribution is 5.36. The van der Waals surface area contributed by atoms with Crippen molar-refractivity contribution in [3.05, 3.63) is 17.6 Å². The first-order valence-corrected chi connectivity index (χ1v) is 5.03. The van der Waals surface area contributed by atoms with Gasteiger partial charge in [-0.2, -0.15) is 0 Å². The Morgan fingerprint density at radius 3 is 3.00 bits per heavy atom. The van der Waals surface area contributed by atoms with E-state index in [4.69, 9.17) is 0 Å². The highest BCUT2D eigenvalue weighted by atomic mass is 15.0. The number of rotatable bonds is 2. The van der Waals surface area contributed by atoms with Gasteiger partial charge >= 0.3 is 0 Å². The molecule has 76 valence electrons. The van der Waals surface area contributed by atoms with Gasteiger partial charge in [0.05, 0.1) is 5.69 Å². The minimum Gasteiger partial charge on any atom is -0.373 e. The summed E-state index contributed by atoms with van der Waals surface area (Å²) in [7, 11) is 1.89. The van der Waals surface area contributed by atoms with Gasteiger partial charge in [0, 0.05) is 25.6 Å². The predicted octanol–water partition coefficient (Wildman–Crippen LogP) is 0.904. The normalized spacial score (nSPS) is 21.1. The molecule has 0 unspecified atom stereocenters. The summed E-state index contributed by atoms with van der Waals surface area (Å²) >= 11 is 0. The molecule has 0 aliphatic carbocycles. The van der Waals surface area contributed by atoms with Crippen LogP contribution in [0.5, 0.6) is 0 Å². The fourth-order valence-corrected chi connectivity index (χ4v) is 1.84. The molecule has 1 aromatic heterocycles. The molecule has 1 aliphatic rings. The van der Waals surface area contributed by atoms with Crippen molar-refractivity contribution in [3.8, 4) is 0 Å². The standard InChI is InChI=1S/C10H16N4/c1-7-13-9(5-10(11-2)14-7)8-3-4-12-6-8/h5,8,12H,3-4,6H2,1-2H3,(H,11,13,14)/t8-/m1/s1. The number of aromatic nitrogens is 2. The maximum absolute atomic E-state index is 4.47. The molecule has 0 aromatic carbocycles. The Labute approximate surface area is 84.2 Å². The average molecular weight is 192 g/mol. The van der Waals surface area contributed by atoms with Crippen molar-refractivity contribution in [1.29, 1.82) is 0 Å². The zero-order chi connectivity index (χ0) is 9.97. The van der Waals surface area contributed by atoms with E-state index in [1.807, 2.05) is 20.0 Å². The Morgan fingerprint density at radius 2 is 2.36 bits per heavy atom. The molecule has 2 N–H and O–H groups in total. The molecular formula is C10H16N4. The van der Waals surface area contributed by atoms with Gasteiger partial charge in [-0.05, 0) is 19.9 Å². The van der Waals surface area contributed by atoms with Crippen molar-refractivity contribution >= 4 is 5.82 Å². The summed E-state index contributed by atoms with van der Waals surface area (Å²) < 4.78 is 0. The number of aryl methyl sites for hydroxylation is 1. The van der Waals surface area contributed by atoms with E-state index in [0.29, 0.717) is 5.92 Å². The monoisotopic (exact) mass is 192 g/mol. The van der Waals surface area contributed by atoms with Crippen molar-refractivity contribution < 1.29 is 0 Å². The van der Waals surface area contributed by atoms with Crippen molar-refractivity contribution in [3.63, 3.8) is 0 Å². The lowest BCUT2D eigenvalue weighted by atomic mass is 10.0. The van der Waals surface area contributed by atoms with Gasteiger partial charge in [0.1, 0.15) is 11.6 Å². The van der Waals surface area contributed by atoms with Gasteiger partial charge in [-0.3, -0.25) is 0 Å². The number of hydrogen-bond donors (Lipinski definition) is 2. The first-order valence-electron chi connectivity index (χ1n) is 5.03. The van der Waals surface area contributed by atoms with E-state index in [1.54, 1.807) is 0 Å². The van der Waals surface area contributed by atoms with Gasteiger partial charge in [0.25, 0.3) is 0 Å². The van der Waals surface area contributed by atoms with Crippen LogP contribution >= 0.6 is 0 Å². The minimum atomic E-state index is 0.559. The van der Waals surface area contributed by atoms with E-state index < -0.39 is 0 Å². The number of hydrogen-bond acceptors (Lipinski definition) is 4. The van der Waals surface area contributed by atoms with Crippen LogP contribution in [0.25, 0.3) is 0 Å². The van der Waals surface area contributed by atoms with E-state index >= 15 is 0 Å². The topological polar surface area (TPSA) is 49.8 Å². The molecule has 0 radical (unpaired) electrons. The molecule has 4 nitrogen and oxygen atoms in total. The molecular weight excluding hydrogens is 176 g/mol. The highest BCUT2D eigenvalue weighted by Crippen LogP contribution is 2.21. The van der Waals surface area contributed by atoms with E-state index in [-0.39, 0.29) is 0 Å². The van der Waals surface area contributed by atoms with Gasteiger partial charge in [-0.25, -0.2) is 9.97 Å². The summed E-state index contributed by atoms with van der Waals surface area (Å²) in [5, 5.41) is 6.41. The van der Waals surface area contributed by atoms with Gasteiger partial charge in [0.15, 0.2) is 0 Å². The quantitative estimate of drug-likeness (QED) is 0.731. The van der Waals surface area contributed by atoms with Gasteiger partial charge in [-0.1, -0.05) is 0 Å². The summed E-state index contributed by atoms with van der Waals surface area (Å²) in [6.45, 7) is 4.08. The fourth-order valence-electron chi connectivity index (χ4n) is 1.84. The van der Waals surface area contributed by atoms with Crippen LogP contribution in [-0.4, -0.2) is 30.1 Å². The van der Waals surface area contributed by atoms with E-state index in [2.05, 4.69) is 20.6 Å². The minimum absolute atomic E-state index is 0.559. The van der Waals surface area contributed by atoms with Crippen LogP contribution in [0.4, 0.5) is 5.82 Å². The predicted molar refractivity (Wildman–Crippen MR) is 56.5 cm³/mol. The smallest absolute Gasteiger partial charge is 0.129 e. The molecule has 0 bridgehead atoms. The second-order valence-electron chi connectivity index (χ2n) is 3.66. The third-order valence-electron chi connectivity index (χ3n) is 2.59. The van der Waals surface area contributed by atoms with Crippen molar-refractivity contribution in [2.75, 3.05) is 25.5 Å². The molecule has 2 rings (SSSR count). The lowest BCUT2D eigenvalue weighted by Crippen LogP contribution is -2.10. The zero-order valence-electron chi connectivity index (χ0n) is 8.67. The Morgan fingerprint density at radius 1 is 1.50 bits per heavy atom. The van der Waals surface area contributed by atoms with Crippen LogP contribution in [0.15, 0.2) is 6.07 Å². The largest absolute Gasteiger partial charge is 0.373 e. The number of nitrogens with zero attached hydrogens (tertiary/aromatic N) is 2.